The maximum Gasteiger partial charge on any atom is 0.416 e. The number of hydrogen-bond donors (Lipinski definition) is 0. The fourth-order valence-corrected chi connectivity index (χ4v) is 6.64. The van der Waals surface area contributed by atoms with Gasteiger partial charge in [0.05, 0.1) is 18.2 Å². The van der Waals surface area contributed by atoms with Crippen molar-refractivity contribution >= 4 is 45.4 Å². The summed E-state index contributed by atoms with van der Waals surface area (Å²) in [6, 6.07) is 20.3. The predicted molar refractivity (Wildman–Crippen MR) is 178 cm³/mol. The molecule has 0 atom stereocenters. The van der Waals surface area contributed by atoms with E-state index in [2.05, 4.69) is 36.7 Å². The van der Waals surface area contributed by atoms with E-state index in [1.165, 1.54) is 13.4 Å². The molecule has 1 heterocycles. The van der Waals surface area contributed by atoms with Gasteiger partial charge in [-0.25, -0.2) is 9.59 Å². The van der Waals surface area contributed by atoms with Gasteiger partial charge in [0, 0.05) is 29.0 Å². The Labute approximate surface area is 275 Å². The quantitative estimate of drug-likeness (QED) is 0.159. The molecule has 0 aromatic heterocycles. The van der Waals surface area contributed by atoms with Crippen LogP contribution in [-0.4, -0.2) is 19.0 Å². The van der Waals surface area contributed by atoms with Crippen LogP contribution in [0.5, 0.6) is 5.75 Å². The number of carbonyl (C=O) groups excluding carboxylic acids is 2. The lowest BCUT2D eigenvalue weighted by Crippen LogP contribution is -2.21. The Hall–Kier alpha value is -4.84. The minimum Gasteiger partial charge on any atom is -0.466 e. The average Bonchev–Trinajstić information content (AvgIpc) is 3.06. The summed E-state index contributed by atoms with van der Waals surface area (Å²) >= 11 is 6.19. The Morgan fingerprint density at radius 3 is 2.49 bits per heavy atom. The van der Waals surface area contributed by atoms with Crippen molar-refractivity contribution in [3.8, 4) is 16.9 Å². The average molecular weight is 655 g/mol. The van der Waals surface area contributed by atoms with Crippen LogP contribution in [0.3, 0.4) is 0 Å². The number of carbonyl (C=O) groups is 1. The molecule has 0 bridgehead atoms. The Bertz CT molecular complexity index is 2080. The van der Waals surface area contributed by atoms with Gasteiger partial charge in [0.25, 0.3) is 0 Å². The molecular formula is C39H30ClF3O4. The number of para-hydroxylation sites is 1. The van der Waals surface area contributed by atoms with Gasteiger partial charge in [-0.3, -0.25) is 0 Å². The van der Waals surface area contributed by atoms with Crippen LogP contribution in [0.15, 0.2) is 102 Å². The molecule has 8 heteroatoms. The number of fused-ring (bicyclic) bond motifs is 5. The van der Waals surface area contributed by atoms with Crippen molar-refractivity contribution in [3.05, 3.63) is 130 Å². The van der Waals surface area contributed by atoms with Crippen molar-refractivity contribution in [2.24, 2.45) is 5.41 Å². The molecule has 3 aliphatic rings. The van der Waals surface area contributed by atoms with E-state index in [0.717, 1.165) is 46.6 Å². The number of esters is 1. The number of rotatable bonds is 2. The Morgan fingerprint density at radius 2 is 1.77 bits per heavy atom. The van der Waals surface area contributed by atoms with Gasteiger partial charge >= 0.3 is 12.1 Å². The number of ether oxygens (including phenoxy) is 2. The molecule has 2 aliphatic carbocycles. The lowest BCUT2D eigenvalue weighted by Gasteiger charge is -2.36. The summed E-state index contributed by atoms with van der Waals surface area (Å²) in [7, 11) is 1.36. The van der Waals surface area contributed by atoms with Crippen molar-refractivity contribution in [3.63, 3.8) is 0 Å². The maximum atomic E-state index is 13.8. The summed E-state index contributed by atoms with van der Waals surface area (Å²) in [6.45, 7) is 4.29. The van der Waals surface area contributed by atoms with Gasteiger partial charge in [0.15, 0.2) is 0 Å². The second-order valence-electron chi connectivity index (χ2n) is 12.3. The highest BCUT2D eigenvalue weighted by Crippen LogP contribution is 2.52. The van der Waals surface area contributed by atoms with Gasteiger partial charge in [-0.2, -0.15) is 13.2 Å². The SMILES string of the molecule is CC1(C)CC=CC2=C1CC(=C=O)c1c2ccc2cc(C(F)(F)F)cc(-c3cccc(Cl)c3)c12.COC(=O)C1=COc2ccccc2C1. The second-order valence-corrected chi connectivity index (χ2v) is 12.7. The molecule has 238 valence electrons. The number of hydrogen-bond acceptors (Lipinski definition) is 4. The first-order valence-corrected chi connectivity index (χ1v) is 15.4. The van der Waals surface area contributed by atoms with E-state index in [-0.39, 0.29) is 11.4 Å². The zero-order valence-electron chi connectivity index (χ0n) is 25.9. The van der Waals surface area contributed by atoms with Gasteiger partial charge in [0.1, 0.15) is 18.0 Å². The number of methoxy groups -OCH3 is 1. The van der Waals surface area contributed by atoms with Crippen LogP contribution in [0.25, 0.3) is 33.0 Å². The standard InChI is InChI=1S/C28H20ClF3O.C11H10O3/c1-27(2)10-4-7-21-22-9-8-17-11-19(28(30,31)32)14-23(16-5-3-6-20(29)12-16)25(17)26(22)18(15-33)13-24(21)27;1-13-11(12)9-6-8-4-2-3-5-10(8)14-7-9/h3-9,11-12,14H,10,13H2,1-2H3;2-5,7H,6H2,1H3. The van der Waals surface area contributed by atoms with Crippen LogP contribution in [0, 0.1) is 5.41 Å². The van der Waals surface area contributed by atoms with E-state index in [1.54, 1.807) is 30.3 Å². The zero-order chi connectivity index (χ0) is 33.5. The van der Waals surface area contributed by atoms with E-state index in [9.17, 15) is 22.8 Å². The molecule has 0 N–H and O–H groups in total. The Kier molecular flexibility index (Phi) is 8.47. The van der Waals surface area contributed by atoms with Gasteiger partial charge in [-0.1, -0.05) is 85.6 Å². The van der Waals surface area contributed by atoms with Gasteiger partial charge in [-0.05, 0) is 80.8 Å². The molecule has 4 aromatic carbocycles. The Morgan fingerprint density at radius 1 is 0.979 bits per heavy atom. The van der Waals surface area contributed by atoms with Gasteiger partial charge < -0.3 is 9.47 Å². The molecule has 0 spiro atoms. The molecule has 47 heavy (non-hydrogen) atoms. The van der Waals surface area contributed by atoms with E-state index >= 15 is 0 Å². The normalized spacial score (nSPS) is 16.1. The van der Waals surface area contributed by atoms with Crippen molar-refractivity contribution in [1.82, 2.24) is 0 Å². The minimum atomic E-state index is -4.51. The van der Waals surface area contributed by atoms with Crippen LogP contribution in [0.1, 0.15) is 48.9 Å². The van der Waals surface area contributed by atoms with Crippen molar-refractivity contribution in [1.29, 1.82) is 0 Å². The molecular weight excluding hydrogens is 625 g/mol. The van der Waals surface area contributed by atoms with Crippen molar-refractivity contribution < 1.29 is 32.2 Å². The largest absolute Gasteiger partial charge is 0.466 e. The summed E-state index contributed by atoms with van der Waals surface area (Å²) in [4.78, 5) is 23.4. The second kappa shape index (κ2) is 12.4. The van der Waals surface area contributed by atoms with E-state index in [4.69, 9.17) is 16.3 Å². The van der Waals surface area contributed by atoms with Crippen molar-refractivity contribution in [2.75, 3.05) is 7.11 Å². The zero-order valence-corrected chi connectivity index (χ0v) is 26.7. The minimum absolute atomic E-state index is 0.116. The summed E-state index contributed by atoms with van der Waals surface area (Å²) in [5.74, 6) is 2.59. The summed E-state index contributed by atoms with van der Waals surface area (Å²) < 4.78 is 51.2. The topological polar surface area (TPSA) is 52.6 Å². The third kappa shape index (κ3) is 6.17. The fraction of sp³-hybridized carbons (Fsp3) is 0.205. The summed E-state index contributed by atoms with van der Waals surface area (Å²) in [6.07, 6.45) is 2.99. The molecule has 4 nitrogen and oxygen atoms in total. The first-order valence-electron chi connectivity index (χ1n) is 15.0. The number of benzene rings is 4. The molecule has 0 saturated carbocycles. The number of alkyl halides is 3. The molecule has 0 amide bonds. The van der Waals surface area contributed by atoms with E-state index in [1.807, 2.05) is 30.3 Å². The fourth-order valence-electron chi connectivity index (χ4n) is 6.45. The summed E-state index contributed by atoms with van der Waals surface area (Å²) in [5.41, 5.74) is 5.85. The lowest BCUT2D eigenvalue weighted by atomic mass is 9.67. The van der Waals surface area contributed by atoms with Crippen LogP contribution in [-0.2, 0) is 26.9 Å². The lowest BCUT2D eigenvalue weighted by molar-refractivity contribution is -0.137. The van der Waals surface area contributed by atoms with Gasteiger partial charge in [-0.15, -0.1) is 0 Å². The van der Waals surface area contributed by atoms with E-state index < -0.39 is 11.7 Å². The van der Waals surface area contributed by atoms with Crippen LogP contribution in [0.2, 0.25) is 5.02 Å². The highest BCUT2D eigenvalue weighted by atomic mass is 35.5. The Balaban J connectivity index is 0.000000230. The van der Waals surface area contributed by atoms with Crippen LogP contribution in [0.4, 0.5) is 13.2 Å². The molecule has 1 aliphatic heterocycles. The molecule has 0 unspecified atom stereocenters. The van der Waals surface area contributed by atoms with E-state index in [0.29, 0.717) is 56.5 Å². The monoisotopic (exact) mass is 654 g/mol. The third-order valence-electron chi connectivity index (χ3n) is 8.83. The molecule has 4 aromatic rings. The van der Waals surface area contributed by atoms with Crippen molar-refractivity contribution in [2.45, 2.75) is 39.3 Å². The smallest absolute Gasteiger partial charge is 0.416 e. The molecule has 7 rings (SSSR count). The maximum absolute atomic E-state index is 13.8. The number of halogens is 4. The van der Waals surface area contributed by atoms with Crippen LogP contribution >= 0.6 is 11.6 Å². The highest BCUT2D eigenvalue weighted by molar-refractivity contribution is 6.31. The van der Waals surface area contributed by atoms with Crippen LogP contribution < -0.4 is 4.74 Å². The first-order chi connectivity index (χ1) is 22.4. The number of allylic oxidation sites excluding steroid dienone is 5. The summed E-state index contributed by atoms with van der Waals surface area (Å²) in [5, 5.41) is 1.47. The first kappa shape index (κ1) is 32.1. The molecule has 0 radical (unpaired) electrons. The van der Waals surface area contributed by atoms with Gasteiger partial charge in [0.2, 0.25) is 0 Å². The molecule has 0 saturated heterocycles. The molecule has 0 fully saturated rings. The predicted octanol–water partition coefficient (Wildman–Crippen LogP) is 10.2. The third-order valence-corrected chi connectivity index (χ3v) is 9.07. The highest BCUT2D eigenvalue weighted by Gasteiger charge is 2.36.